The number of sulfonamides is 1. The molecule has 46 heavy (non-hydrogen) atoms. The number of fused-ring (bicyclic) bond motifs is 4. The summed E-state index contributed by atoms with van der Waals surface area (Å²) < 4.78 is 48.2. The number of nitrogens with one attached hydrogen (secondary N) is 1. The van der Waals surface area contributed by atoms with E-state index in [1.165, 1.54) is 11.1 Å². The number of carbonyl (C=O) groups excluding carboxylic acids is 1. The summed E-state index contributed by atoms with van der Waals surface area (Å²) in [6.07, 6.45) is 14.8. The molecule has 0 aromatic heterocycles. The molecule has 3 aliphatic carbocycles. The Morgan fingerprint density at radius 2 is 1.83 bits per heavy atom. The highest BCUT2D eigenvalue weighted by molar-refractivity contribution is 7.90. The fourth-order valence-electron chi connectivity index (χ4n) is 8.49. The molecule has 1 aromatic carbocycles. The molecule has 7 rings (SSSR count). The van der Waals surface area contributed by atoms with Gasteiger partial charge < -0.3 is 19.1 Å². The largest absolute Gasteiger partial charge is 0.490 e. The van der Waals surface area contributed by atoms with Gasteiger partial charge in [0.15, 0.2) is 6.29 Å². The predicted molar refractivity (Wildman–Crippen MR) is 179 cm³/mol. The molecule has 1 saturated carbocycles. The van der Waals surface area contributed by atoms with E-state index in [1.807, 2.05) is 25.1 Å². The molecule has 1 amide bonds. The van der Waals surface area contributed by atoms with Gasteiger partial charge in [0.25, 0.3) is 5.91 Å². The molecule has 6 aliphatic rings. The average molecular weight is 671 g/mol. The van der Waals surface area contributed by atoms with E-state index in [0.717, 1.165) is 101 Å². The molecule has 0 unspecified atom stereocenters. The summed E-state index contributed by atoms with van der Waals surface area (Å²) >= 11 is 6.48. The minimum absolute atomic E-state index is 0.106. The molecule has 6 atom stereocenters. The summed E-state index contributed by atoms with van der Waals surface area (Å²) in [5.74, 6) is 1.17. The summed E-state index contributed by atoms with van der Waals surface area (Å²) in [6.45, 7) is 7.22. The van der Waals surface area contributed by atoms with E-state index in [-0.39, 0.29) is 23.5 Å². The summed E-state index contributed by atoms with van der Waals surface area (Å²) in [6, 6.07) is 5.35. The Labute approximate surface area is 278 Å². The molecule has 2 bridgehead atoms. The zero-order valence-corrected chi connectivity index (χ0v) is 28.6. The summed E-state index contributed by atoms with van der Waals surface area (Å²) in [5.41, 5.74) is 3.70. The average Bonchev–Trinajstić information content (AvgIpc) is 3.66. The van der Waals surface area contributed by atoms with Gasteiger partial charge in [0.1, 0.15) is 12.4 Å². The second-order valence-electron chi connectivity index (χ2n) is 14.4. The number of allylic oxidation sites excluding steroid dienone is 4. The third-order valence-electron chi connectivity index (χ3n) is 11.6. The lowest BCUT2D eigenvalue weighted by molar-refractivity contribution is -0.224. The maximum Gasteiger partial charge on any atom is 0.264 e. The minimum Gasteiger partial charge on any atom is -0.490 e. The van der Waals surface area contributed by atoms with Crippen molar-refractivity contribution < 1.29 is 27.4 Å². The zero-order valence-electron chi connectivity index (χ0n) is 27.0. The van der Waals surface area contributed by atoms with Crippen LogP contribution in [0.1, 0.15) is 82.0 Å². The first-order valence-electron chi connectivity index (χ1n) is 17.2. The van der Waals surface area contributed by atoms with Crippen molar-refractivity contribution in [3.05, 3.63) is 58.2 Å². The first-order chi connectivity index (χ1) is 22.2. The van der Waals surface area contributed by atoms with E-state index < -0.39 is 21.2 Å². The van der Waals surface area contributed by atoms with E-state index >= 15 is 0 Å². The molecule has 3 heterocycles. The van der Waals surface area contributed by atoms with Crippen LogP contribution in [0.4, 0.5) is 5.69 Å². The lowest BCUT2D eigenvalue weighted by Gasteiger charge is -2.47. The lowest BCUT2D eigenvalue weighted by atomic mass is 9.65. The first kappa shape index (κ1) is 32.2. The standard InChI is InChI=1S/C36H47ClN2O6S/c1-23-7-5-9-29(35-43-17-6-18-44-35)28-14-11-26(28)20-39-21-36(30-10-4-3-8-27(37)13-15-31(30)36)22-45-33-16-12-25(19-32(33)39)34(40)38-46(41,42)24(23)2/h8,12-13,15-16,19,23-24,26,28-29,35H,3-7,9-11,14,17-18,20-22H2,1-2H3,(H,38,40)/b15-13-,27-8+/t23-,24+,26-,28+,29+,36-/m0/s1. The SMILES string of the molecule is C[C@@H]1[C@@H](C)CCC[C@@H](C2OCCCO2)[C@@H]2CC[C@H]2CN2C[C@@]3(COc4ccc(cc42)C(=O)NS1(=O)=O)C1=C3CCC/C=C(Cl)\C=C/1. The quantitative estimate of drug-likeness (QED) is 0.355. The van der Waals surface area contributed by atoms with Crippen LogP contribution in [0.3, 0.4) is 0 Å². The van der Waals surface area contributed by atoms with Crippen molar-refractivity contribution in [2.24, 2.45) is 29.1 Å². The Morgan fingerprint density at radius 1 is 1.00 bits per heavy atom. The van der Waals surface area contributed by atoms with Crippen LogP contribution in [0.5, 0.6) is 5.75 Å². The highest BCUT2D eigenvalue weighted by atomic mass is 35.5. The maximum absolute atomic E-state index is 13.5. The van der Waals surface area contributed by atoms with Crippen molar-refractivity contribution in [1.29, 1.82) is 0 Å². The zero-order chi connectivity index (χ0) is 32.1. The van der Waals surface area contributed by atoms with Gasteiger partial charge in [0.05, 0.1) is 29.6 Å². The van der Waals surface area contributed by atoms with Gasteiger partial charge in [-0.2, -0.15) is 0 Å². The smallest absolute Gasteiger partial charge is 0.264 e. The van der Waals surface area contributed by atoms with Gasteiger partial charge in [0, 0.05) is 29.6 Å². The molecule has 1 spiro atoms. The number of rotatable bonds is 1. The predicted octanol–water partition coefficient (Wildman–Crippen LogP) is 6.72. The van der Waals surface area contributed by atoms with Crippen molar-refractivity contribution >= 4 is 33.2 Å². The molecular weight excluding hydrogens is 624 g/mol. The van der Waals surface area contributed by atoms with Crippen molar-refractivity contribution in [2.75, 3.05) is 37.8 Å². The Hall–Kier alpha value is -2.33. The van der Waals surface area contributed by atoms with Crippen molar-refractivity contribution in [1.82, 2.24) is 4.72 Å². The molecule has 250 valence electrons. The normalized spacial score (nSPS) is 37.0. The third-order valence-corrected chi connectivity index (χ3v) is 13.8. The van der Waals surface area contributed by atoms with Gasteiger partial charge in [-0.1, -0.05) is 42.7 Å². The number of hydrogen-bond acceptors (Lipinski definition) is 7. The summed E-state index contributed by atoms with van der Waals surface area (Å²) in [4.78, 5) is 15.9. The van der Waals surface area contributed by atoms with Crippen molar-refractivity contribution in [3.8, 4) is 5.75 Å². The molecule has 2 fully saturated rings. The Kier molecular flexibility index (Phi) is 9.07. The molecule has 10 heteroatoms. The number of amides is 1. The fourth-order valence-corrected chi connectivity index (χ4v) is 9.98. The van der Waals surface area contributed by atoms with Gasteiger partial charge in [0.2, 0.25) is 10.0 Å². The molecule has 3 aliphatic heterocycles. The number of halogens is 1. The minimum atomic E-state index is -3.88. The highest BCUT2D eigenvalue weighted by Gasteiger charge is 2.55. The van der Waals surface area contributed by atoms with Crippen molar-refractivity contribution in [2.45, 2.75) is 83.2 Å². The van der Waals surface area contributed by atoms with Gasteiger partial charge in [-0.05, 0) is 106 Å². The third kappa shape index (κ3) is 6.17. The number of carbonyl (C=O) groups is 1. The van der Waals surface area contributed by atoms with E-state index in [4.69, 9.17) is 25.8 Å². The van der Waals surface area contributed by atoms with Crippen LogP contribution in [-0.4, -0.2) is 58.8 Å². The second kappa shape index (κ2) is 12.9. The topological polar surface area (TPSA) is 94.2 Å². The van der Waals surface area contributed by atoms with Crippen LogP contribution >= 0.6 is 11.6 Å². The van der Waals surface area contributed by atoms with E-state index in [2.05, 4.69) is 21.8 Å². The van der Waals surface area contributed by atoms with E-state index in [1.54, 1.807) is 13.0 Å². The van der Waals surface area contributed by atoms with Gasteiger partial charge >= 0.3 is 0 Å². The molecular formula is C36H47ClN2O6S. The number of hydrogen-bond donors (Lipinski definition) is 1. The van der Waals surface area contributed by atoms with E-state index in [9.17, 15) is 13.2 Å². The second-order valence-corrected chi connectivity index (χ2v) is 16.8. The molecule has 8 nitrogen and oxygen atoms in total. The lowest BCUT2D eigenvalue weighted by Crippen LogP contribution is -2.48. The Balaban J connectivity index is 1.25. The Bertz CT molecular complexity index is 1550. The van der Waals surface area contributed by atoms with Crippen molar-refractivity contribution in [3.63, 3.8) is 0 Å². The number of anilines is 1. The van der Waals surface area contributed by atoms with Crippen LogP contribution < -0.4 is 14.4 Å². The maximum atomic E-state index is 13.5. The molecule has 1 saturated heterocycles. The highest BCUT2D eigenvalue weighted by Crippen LogP contribution is 2.59. The molecule has 0 radical (unpaired) electrons. The van der Waals surface area contributed by atoms with Crippen LogP contribution in [0, 0.1) is 29.1 Å². The first-order valence-corrected chi connectivity index (χ1v) is 19.2. The van der Waals surface area contributed by atoms with Gasteiger partial charge in [-0.25, -0.2) is 13.1 Å². The summed E-state index contributed by atoms with van der Waals surface area (Å²) in [7, 11) is -3.88. The fraction of sp³-hybridized carbons (Fsp3) is 0.639. The number of nitrogens with zero attached hydrogens (tertiary/aromatic N) is 1. The van der Waals surface area contributed by atoms with E-state index in [0.29, 0.717) is 24.0 Å². The van der Waals surface area contributed by atoms with Gasteiger partial charge in [-0.15, -0.1) is 0 Å². The molecule has 1 aromatic rings. The van der Waals surface area contributed by atoms with Crippen LogP contribution in [0.2, 0.25) is 0 Å². The molecule has 1 N–H and O–H groups in total. The number of benzene rings is 1. The van der Waals surface area contributed by atoms with Crippen LogP contribution in [-0.2, 0) is 19.5 Å². The van der Waals surface area contributed by atoms with Crippen LogP contribution in [0.25, 0.3) is 0 Å². The Morgan fingerprint density at radius 3 is 2.61 bits per heavy atom. The summed E-state index contributed by atoms with van der Waals surface area (Å²) in [5, 5.41) is 0.0615. The monoisotopic (exact) mass is 670 g/mol. The van der Waals surface area contributed by atoms with Gasteiger partial charge in [-0.3, -0.25) is 4.79 Å². The number of ether oxygens (including phenoxy) is 3. The van der Waals surface area contributed by atoms with Crippen LogP contribution in [0.15, 0.2) is 52.6 Å².